The largest absolute Gasteiger partial charge is 0.295 e. The summed E-state index contributed by atoms with van der Waals surface area (Å²) in [5.41, 5.74) is 0.746. The molecule has 0 amide bonds. The maximum absolute atomic E-state index is 12.2. The van der Waals surface area contributed by atoms with E-state index in [-0.39, 0.29) is 21.3 Å². The van der Waals surface area contributed by atoms with Gasteiger partial charge < -0.3 is 0 Å². The summed E-state index contributed by atoms with van der Waals surface area (Å²) >= 11 is 0. The van der Waals surface area contributed by atoms with Crippen molar-refractivity contribution in [3.8, 4) is 0 Å². The highest BCUT2D eigenvalue weighted by Crippen LogP contribution is 2.18. The Morgan fingerprint density at radius 1 is 0.870 bits per heavy atom. The van der Waals surface area contributed by atoms with E-state index in [2.05, 4.69) is 4.72 Å². The van der Waals surface area contributed by atoms with Crippen LogP contribution in [0.25, 0.3) is 0 Å². The smallest absolute Gasteiger partial charge is 0.261 e. The van der Waals surface area contributed by atoms with Crippen molar-refractivity contribution in [1.29, 1.82) is 0 Å². The fourth-order valence-electron chi connectivity index (χ4n) is 1.80. The number of carbonyl (C=O) groups is 1. The molecular formula is C14H14N2O5S2. The zero-order valence-electron chi connectivity index (χ0n) is 12.1. The minimum Gasteiger partial charge on any atom is -0.295 e. The molecule has 0 saturated carbocycles. The summed E-state index contributed by atoms with van der Waals surface area (Å²) in [7, 11) is -7.76. The lowest BCUT2D eigenvalue weighted by Crippen LogP contribution is -2.15. The van der Waals surface area contributed by atoms with E-state index in [0.29, 0.717) is 5.56 Å². The molecule has 0 aliphatic heterocycles. The Balaban J connectivity index is 2.26. The summed E-state index contributed by atoms with van der Waals surface area (Å²) in [6.45, 7) is 1.41. The van der Waals surface area contributed by atoms with Gasteiger partial charge in [0.05, 0.1) is 9.79 Å². The lowest BCUT2D eigenvalue weighted by Gasteiger charge is -2.09. The van der Waals surface area contributed by atoms with Crippen molar-refractivity contribution in [3.05, 3.63) is 54.1 Å². The van der Waals surface area contributed by atoms with Crippen LogP contribution in [0.3, 0.4) is 0 Å². The molecule has 0 fully saturated rings. The third-order valence-electron chi connectivity index (χ3n) is 3.01. The van der Waals surface area contributed by atoms with E-state index in [4.69, 9.17) is 5.14 Å². The molecule has 0 bridgehead atoms. The molecule has 2 aromatic rings. The first-order valence-corrected chi connectivity index (χ1v) is 9.39. The fraction of sp³-hybridized carbons (Fsp3) is 0.0714. The van der Waals surface area contributed by atoms with Crippen LogP contribution in [0.4, 0.5) is 5.69 Å². The van der Waals surface area contributed by atoms with Gasteiger partial charge in [-0.1, -0.05) is 0 Å². The van der Waals surface area contributed by atoms with Crippen molar-refractivity contribution < 1.29 is 21.6 Å². The van der Waals surface area contributed by atoms with Crippen molar-refractivity contribution in [2.75, 3.05) is 4.72 Å². The number of hydrogen-bond acceptors (Lipinski definition) is 5. The van der Waals surface area contributed by atoms with Crippen LogP contribution < -0.4 is 9.86 Å². The van der Waals surface area contributed by atoms with Crippen LogP contribution in [0.1, 0.15) is 17.3 Å². The Morgan fingerprint density at radius 2 is 1.35 bits per heavy atom. The summed E-state index contributed by atoms with van der Waals surface area (Å²) in [6.07, 6.45) is 0. The molecule has 0 atom stereocenters. The molecular weight excluding hydrogens is 340 g/mol. The fourth-order valence-corrected chi connectivity index (χ4v) is 3.37. The van der Waals surface area contributed by atoms with Gasteiger partial charge in [-0.3, -0.25) is 9.52 Å². The lowest BCUT2D eigenvalue weighted by molar-refractivity contribution is 0.101. The van der Waals surface area contributed by atoms with E-state index < -0.39 is 20.0 Å². The van der Waals surface area contributed by atoms with Gasteiger partial charge in [-0.15, -0.1) is 0 Å². The number of nitrogens with two attached hydrogens (primary N) is 1. The van der Waals surface area contributed by atoms with Gasteiger partial charge in [0.15, 0.2) is 5.78 Å². The van der Waals surface area contributed by atoms with E-state index in [9.17, 15) is 21.6 Å². The molecule has 0 aliphatic rings. The molecule has 0 radical (unpaired) electrons. The average Bonchev–Trinajstić information content (AvgIpc) is 2.46. The summed E-state index contributed by atoms with van der Waals surface area (Å²) in [5.74, 6) is -0.127. The number of ketones is 1. The predicted molar refractivity (Wildman–Crippen MR) is 85.1 cm³/mol. The van der Waals surface area contributed by atoms with E-state index in [1.165, 1.54) is 31.2 Å². The molecule has 3 N–H and O–H groups in total. The van der Waals surface area contributed by atoms with Gasteiger partial charge in [-0.2, -0.15) is 0 Å². The molecule has 7 nitrogen and oxygen atoms in total. The number of hydrogen-bond donors (Lipinski definition) is 2. The Bertz CT molecular complexity index is 932. The first-order chi connectivity index (χ1) is 10.6. The van der Waals surface area contributed by atoms with Crippen LogP contribution in [0.15, 0.2) is 58.3 Å². The van der Waals surface area contributed by atoms with Crippen LogP contribution in [0.2, 0.25) is 0 Å². The summed E-state index contributed by atoms with van der Waals surface area (Å²) in [6, 6.07) is 10.5. The summed E-state index contributed by atoms with van der Waals surface area (Å²) in [4.78, 5) is 10.9. The molecule has 0 unspecified atom stereocenters. The van der Waals surface area contributed by atoms with Crippen molar-refractivity contribution >= 4 is 31.5 Å². The van der Waals surface area contributed by atoms with E-state index in [1.807, 2.05) is 0 Å². The molecule has 9 heteroatoms. The molecule has 2 rings (SSSR count). The van der Waals surface area contributed by atoms with E-state index in [0.717, 1.165) is 24.3 Å². The Morgan fingerprint density at radius 3 is 1.78 bits per heavy atom. The topological polar surface area (TPSA) is 123 Å². The van der Waals surface area contributed by atoms with Crippen molar-refractivity contribution in [2.45, 2.75) is 16.7 Å². The van der Waals surface area contributed by atoms with Crippen LogP contribution in [0.5, 0.6) is 0 Å². The van der Waals surface area contributed by atoms with Crippen LogP contribution in [-0.4, -0.2) is 22.6 Å². The summed E-state index contributed by atoms with van der Waals surface area (Å²) in [5, 5.41) is 4.96. The van der Waals surface area contributed by atoms with Crippen molar-refractivity contribution in [1.82, 2.24) is 0 Å². The molecule has 122 valence electrons. The number of nitrogens with one attached hydrogen (secondary N) is 1. The zero-order valence-corrected chi connectivity index (χ0v) is 13.7. The standard InChI is InChI=1S/C14H14N2O5S2/c1-10(17)11-2-4-12(5-3-11)16-23(20,21)14-8-6-13(7-9-14)22(15,18)19/h2-9,16H,1H3,(H2,15,18,19). The Hall–Kier alpha value is -2.23. The van der Waals surface area contributed by atoms with Crippen molar-refractivity contribution in [3.63, 3.8) is 0 Å². The first-order valence-electron chi connectivity index (χ1n) is 6.36. The number of Topliss-reactive ketones (excluding diaryl/α,β-unsaturated/α-hetero) is 1. The highest BCUT2D eigenvalue weighted by atomic mass is 32.2. The lowest BCUT2D eigenvalue weighted by atomic mass is 10.1. The quantitative estimate of drug-likeness (QED) is 0.784. The van der Waals surface area contributed by atoms with Crippen LogP contribution >= 0.6 is 0 Å². The predicted octanol–water partition coefficient (Wildman–Crippen LogP) is 1.34. The third kappa shape index (κ3) is 4.15. The molecule has 2 aromatic carbocycles. The van der Waals surface area contributed by atoms with Crippen LogP contribution in [0, 0.1) is 0 Å². The maximum atomic E-state index is 12.2. The minimum absolute atomic E-state index is 0.111. The number of anilines is 1. The molecule has 0 aliphatic carbocycles. The SMILES string of the molecule is CC(=O)c1ccc(NS(=O)(=O)c2ccc(S(N)(=O)=O)cc2)cc1. The Kier molecular flexibility index (Phi) is 4.55. The number of primary sulfonamides is 1. The van der Waals surface area contributed by atoms with Gasteiger partial charge in [0.25, 0.3) is 10.0 Å². The maximum Gasteiger partial charge on any atom is 0.261 e. The van der Waals surface area contributed by atoms with Crippen LogP contribution in [-0.2, 0) is 20.0 Å². The molecule has 0 aromatic heterocycles. The number of benzene rings is 2. The van der Waals surface area contributed by atoms with Crippen molar-refractivity contribution in [2.24, 2.45) is 5.14 Å². The highest BCUT2D eigenvalue weighted by molar-refractivity contribution is 7.92. The van der Waals surface area contributed by atoms with Gasteiger partial charge >= 0.3 is 0 Å². The van der Waals surface area contributed by atoms with Gasteiger partial charge in [0.1, 0.15) is 0 Å². The van der Waals surface area contributed by atoms with Gasteiger partial charge in [0, 0.05) is 11.3 Å². The second-order valence-corrected chi connectivity index (χ2v) is 8.00. The monoisotopic (exact) mass is 354 g/mol. The van der Waals surface area contributed by atoms with Gasteiger partial charge in [-0.25, -0.2) is 22.0 Å². The second-order valence-electron chi connectivity index (χ2n) is 4.76. The van der Waals surface area contributed by atoms with E-state index in [1.54, 1.807) is 0 Å². The minimum atomic E-state index is -3.88. The second kappa shape index (κ2) is 6.11. The zero-order chi connectivity index (χ0) is 17.3. The third-order valence-corrected chi connectivity index (χ3v) is 5.33. The highest BCUT2D eigenvalue weighted by Gasteiger charge is 2.16. The Labute approximate surface area is 134 Å². The molecule has 23 heavy (non-hydrogen) atoms. The normalized spacial score (nSPS) is 11.9. The number of sulfonamides is 2. The number of carbonyl (C=O) groups excluding carboxylic acids is 1. The molecule has 0 heterocycles. The molecule has 0 saturated heterocycles. The first kappa shape index (κ1) is 17.1. The average molecular weight is 354 g/mol. The summed E-state index contributed by atoms with van der Waals surface area (Å²) < 4.78 is 49.1. The van der Waals surface area contributed by atoms with E-state index >= 15 is 0 Å². The van der Waals surface area contributed by atoms with Gasteiger partial charge in [0.2, 0.25) is 10.0 Å². The number of rotatable bonds is 5. The van der Waals surface area contributed by atoms with Gasteiger partial charge in [-0.05, 0) is 55.5 Å². The molecule has 0 spiro atoms.